The summed E-state index contributed by atoms with van der Waals surface area (Å²) in [5.41, 5.74) is 6.45. The number of hydrogen-bond acceptors (Lipinski definition) is 10. The Labute approximate surface area is 273 Å². The van der Waals surface area contributed by atoms with Crippen LogP contribution in [-0.2, 0) is 29.9 Å². The van der Waals surface area contributed by atoms with Crippen molar-refractivity contribution in [2.75, 3.05) is 0 Å². The first-order valence-corrected chi connectivity index (χ1v) is 15.0. The molecule has 4 aromatic carbocycles. The zero-order valence-corrected chi connectivity index (χ0v) is 27.5. The van der Waals surface area contributed by atoms with Gasteiger partial charge in [-0.15, -0.1) is 0 Å². The van der Waals surface area contributed by atoms with Crippen LogP contribution in [0.1, 0.15) is 0 Å². The van der Waals surface area contributed by atoms with Crippen molar-refractivity contribution in [3.63, 3.8) is 0 Å². The maximum absolute atomic E-state index is 8.52. The standard InChI is InChI=1S/C32H18N8.H2O4S.Zn/c1-2-10-18-17(9-1)25-33-26(18)38-28-21-13-5-6-14-22(21)30(35-28)40-32-24-16-8-7-15-23(24)31(36-32)39-29-20-12-4-3-11-19(20)27(34-29)37-25;1-5(2,3)4;/h1-16H,(H2,33,34,35,36,37,38,39,40);(H2,1,2,3,4);/q;;+2/p-2. The van der Waals surface area contributed by atoms with Gasteiger partial charge in [-0.05, 0) is 0 Å². The van der Waals surface area contributed by atoms with Crippen LogP contribution in [0.25, 0.3) is 89.7 Å². The molecule has 2 aliphatic heterocycles. The summed E-state index contributed by atoms with van der Waals surface area (Å²) in [6.07, 6.45) is 0. The first-order valence-electron chi connectivity index (χ1n) is 13.7. The molecule has 12 nitrogen and oxygen atoms in total. The maximum Gasteiger partial charge on any atom is 2.00 e. The maximum atomic E-state index is 8.52. The van der Waals surface area contributed by atoms with Crippen LogP contribution in [0.2, 0.25) is 0 Å². The van der Waals surface area contributed by atoms with Crippen LogP contribution in [0, 0.1) is 0 Å². The largest absolute Gasteiger partial charge is 2.00 e. The Balaban J connectivity index is 0.000000526. The van der Waals surface area contributed by atoms with Gasteiger partial charge in [-0.25, -0.2) is 29.9 Å². The van der Waals surface area contributed by atoms with Gasteiger partial charge in [0.2, 0.25) is 0 Å². The summed E-state index contributed by atoms with van der Waals surface area (Å²) in [5, 5.41) is 3.82. The van der Waals surface area contributed by atoms with E-state index in [0.717, 1.165) is 43.8 Å². The van der Waals surface area contributed by atoms with E-state index in [1.807, 2.05) is 97.1 Å². The normalized spacial score (nSPS) is 11.7. The molecule has 2 N–H and O–H groups in total. The summed E-state index contributed by atoms with van der Waals surface area (Å²) in [7, 11) is -5.17. The number of H-pyrrole nitrogens is 2. The second kappa shape index (κ2) is 11.3. The number of nitrogens with one attached hydrogen (secondary N) is 2. The molecule has 0 saturated carbocycles. The Morgan fingerprint density at radius 3 is 0.870 bits per heavy atom. The van der Waals surface area contributed by atoms with E-state index in [-0.39, 0.29) is 19.5 Å². The first-order chi connectivity index (χ1) is 21.8. The van der Waals surface area contributed by atoms with E-state index in [2.05, 4.69) is 9.97 Å². The molecule has 9 rings (SSSR count). The molecule has 46 heavy (non-hydrogen) atoms. The molecule has 218 valence electrons. The van der Waals surface area contributed by atoms with E-state index in [1.54, 1.807) is 0 Å². The molecule has 14 heteroatoms. The number of rotatable bonds is 0. The van der Waals surface area contributed by atoms with Crippen LogP contribution in [0.5, 0.6) is 0 Å². The predicted molar refractivity (Wildman–Crippen MR) is 167 cm³/mol. The van der Waals surface area contributed by atoms with Gasteiger partial charge in [0.25, 0.3) is 0 Å². The van der Waals surface area contributed by atoms with Crippen LogP contribution < -0.4 is 0 Å². The minimum absolute atomic E-state index is 0. The van der Waals surface area contributed by atoms with Gasteiger partial charge in [0.1, 0.15) is 22.6 Å². The zero-order chi connectivity index (χ0) is 30.7. The van der Waals surface area contributed by atoms with Gasteiger partial charge in [-0.3, -0.25) is 8.42 Å². The molecule has 0 aliphatic carbocycles. The molecule has 0 spiro atoms. The van der Waals surface area contributed by atoms with Gasteiger partial charge in [-0.2, -0.15) is 0 Å². The fourth-order valence-corrected chi connectivity index (χ4v) is 5.59. The number of aromatic amines is 2. The number of nitrogens with zero attached hydrogens (tertiary/aromatic N) is 6. The van der Waals surface area contributed by atoms with E-state index in [4.69, 9.17) is 47.4 Å². The molecule has 0 unspecified atom stereocenters. The van der Waals surface area contributed by atoms with E-state index in [1.165, 1.54) is 0 Å². The molecule has 0 atom stereocenters. The van der Waals surface area contributed by atoms with Gasteiger partial charge >= 0.3 is 19.5 Å². The smallest absolute Gasteiger partial charge is 0.759 e. The second-order valence-corrected chi connectivity index (χ2v) is 11.0. The second-order valence-electron chi connectivity index (χ2n) is 10.2. The minimum Gasteiger partial charge on any atom is -0.759 e. The third-order valence-electron chi connectivity index (χ3n) is 7.46. The monoisotopic (exact) mass is 674 g/mol. The van der Waals surface area contributed by atoms with Crippen molar-refractivity contribution < 1.29 is 37.0 Å². The van der Waals surface area contributed by atoms with Crippen molar-refractivity contribution in [3.05, 3.63) is 97.1 Å². The van der Waals surface area contributed by atoms with E-state index < -0.39 is 10.4 Å². The Morgan fingerprint density at radius 1 is 0.413 bits per heavy atom. The van der Waals surface area contributed by atoms with Gasteiger partial charge in [0, 0.05) is 54.2 Å². The number of hydrogen-bond donors (Lipinski definition) is 2. The van der Waals surface area contributed by atoms with E-state index in [9.17, 15) is 0 Å². The first kappa shape index (κ1) is 29.4. The third kappa shape index (κ3) is 5.23. The molecule has 3 aromatic heterocycles. The van der Waals surface area contributed by atoms with E-state index >= 15 is 0 Å². The van der Waals surface area contributed by atoms with Crippen molar-refractivity contribution in [2.24, 2.45) is 0 Å². The quantitative estimate of drug-likeness (QED) is 0.117. The van der Waals surface area contributed by atoms with Crippen molar-refractivity contribution in [3.8, 4) is 45.6 Å². The molecule has 0 saturated heterocycles. The Morgan fingerprint density at radius 2 is 0.630 bits per heavy atom. The molecular formula is C32H18N8O4SZn. The van der Waals surface area contributed by atoms with Gasteiger partial charge in [-0.1, -0.05) is 97.1 Å². The Kier molecular flexibility index (Phi) is 7.21. The topological polar surface area (TPSA) is 189 Å². The summed E-state index contributed by atoms with van der Waals surface area (Å²) >= 11 is 0. The number of benzene rings is 4. The van der Waals surface area contributed by atoms with Crippen LogP contribution in [0.3, 0.4) is 0 Å². The summed E-state index contributed by atoms with van der Waals surface area (Å²) < 4.78 is 34.1. The number of aromatic nitrogens is 8. The summed E-state index contributed by atoms with van der Waals surface area (Å²) in [6.45, 7) is 0. The summed E-state index contributed by atoms with van der Waals surface area (Å²) in [5.74, 6) is 2.39. The Bertz CT molecular complexity index is 2290. The molecule has 2 aliphatic rings. The van der Waals surface area contributed by atoms with Crippen molar-refractivity contribution in [1.29, 1.82) is 0 Å². The third-order valence-corrected chi connectivity index (χ3v) is 7.46. The van der Waals surface area contributed by atoms with Gasteiger partial charge < -0.3 is 19.1 Å². The predicted octanol–water partition coefficient (Wildman–Crippen LogP) is 5.53. The average Bonchev–Trinajstić information content (AvgIpc) is 3.76. The zero-order valence-electron chi connectivity index (χ0n) is 23.7. The van der Waals surface area contributed by atoms with E-state index in [0.29, 0.717) is 45.9 Å². The minimum atomic E-state index is -5.17. The van der Waals surface area contributed by atoms with Crippen LogP contribution >= 0.6 is 0 Å². The molecule has 0 radical (unpaired) electrons. The molecule has 0 fully saturated rings. The van der Waals surface area contributed by atoms with Crippen LogP contribution in [0.4, 0.5) is 0 Å². The van der Waals surface area contributed by atoms with Gasteiger partial charge in [0.15, 0.2) is 23.3 Å². The molecule has 8 bridgehead atoms. The van der Waals surface area contributed by atoms with Crippen molar-refractivity contribution in [2.45, 2.75) is 0 Å². The summed E-state index contributed by atoms with van der Waals surface area (Å²) in [4.78, 5) is 36.8. The molecule has 0 amide bonds. The SMILES string of the molecule is O=S(=O)([O-])[O-].[Zn+2].c1ccc2c(c1)-c1nc-2nc2[nH]c(nc3nc(nc4[nH]c(n1)c1ccccc41)-c1ccccc1-3)c1ccccc21. The number of fused-ring (bicyclic) bond motifs is 20. The van der Waals surface area contributed by atoms with Crippen molar-refractivity contribution in [1.82, 2.24) is 39.9 Å². The molecular weight excluding hydrogens is 658 g/mol. The van der Waals surface area contributed by atoms with Crippen molar-refractivity contribution >= 4 is 54.5 Å². The molecule has 5 heterocycles. The average molecular weight is 676 g/mol. The Hall–Kier alpha value is -5.27. The molecule has 7 aromatic rings. The fourth-order valence-electron chi connectivity index (χ4n) is 5.59. The fraction of sp³-hybridized carbons (Fsp3) is 0. The van der Waals surface area contributed by atoms with Gasteiger partial charge in [0.05, 0.1) is 0 Å². The van der Waals surface area contributed by atoms with Crippen LogP contribution in [0.15, 0.2) is 97.1 Å². The summed E-state index contributed by atoms with van der Waals surface area (Å²) in [6, 6.07) is 32.2. The van der Waals surface area contributed by atoms with Crippen LogP contribution in [-0.4, -0.2) is 57.4 Å².